The van der Waals surface area contributed by atoms with Crippen LogP contribution >= 0.6 is 0 Å². The lowest BCUT2D eigenvalue weighted by Gasteiger charge is -2.27. The number of carbonyl (C=O) groups is 2. The summed E-state index contributed by atoms with van der Waals surface area (Å²) in [7, 11) is 0. The first-order valence-electron chi connectivity index (χ1n) is 8.50. The van der Waals surface area contributed by atoms with Crippen molar-refractivity contribution in [2.45, 2.75) is 18.9 Å². The van der Waals surface area contributed by atoms with E-state index >= 15 is 0 Å². The summed E-state index contributed by atoms with van der Waals surface area (Å²) in [4.78, 5) is 25.6. The first-order chi connectivity index (χ1) is 12.1. The number of morpholine rings is 1. The molecule has 1 aromatic rings. The highest BCUT2D eigenvalue weighted by Crippen LogP contribution is 2.27. The summed E-state index contributed by atoms with van der Waals surface area (Å²) < 4.78 is 19.4. The van der Waals surface area contributed by atoms with Crippen molar-refractivity contribution in [3.63, 3.8) is 0 Å². The van der Waals surface area contributed by atoms with Gasteiger partial charge in [-0.3, -0.25) is 9.59 Å². The molecule has 3 rings (SSSR count). The molecule has 2 amide bonds. The van der Waals surface area contributed by atoms with E-state index < -0.39 is 11.9 Å². The van der Waals surface area contributed by atoms with Crippen LogP contribution in [0, 0.1) is 11.7 Å². The number of hydrogen-bond acceptors (Lipinski definition) is 5. The van der Waals surface area contributed by atoms with Crippen LogP contribution in [-0.4, -0.2) is 50.7 Å². The van der Waals surface area contributed by atoms with Gasteiger partial charge in [-0.15, -0.1) is 0 Å². The first-order valence-corrected chi connectivity index (χ1v) is 8.50. The van der Waals surface area contributed by atoms with Crippen molar-refractivity contribution >= 4 is 23.2 Å². The number of anilines is 2. The molecule has 1 saturated carbocycles. The first kappa shape index (κ1) is 17.8. The van der Waals surface area contributed by atoms with Crippen molar-refractivity contribution in [1.82, 2.24) is 5.32 Å². The third kappa shape index (κ3) is 4.53. The lowest BCUT2D eigenvalue weighted by atomic mass is 10.2. The summed E-state index contributed by atoms with van der Waals surface area (Å²) in [5.74, 6) is -0.556. The predicted molar refractivity (Wildman–Crippen MR) is 91.8 cm³/mol. The topological polar surface area (TPSA) is 96.7 Å². The van der Waals surface area contributed by atoms with Crippen LogP contribution in [0.1, 0.15) is 12.8 Å². The molecule has 25 heavy (non-hydrogen) atoms. The van der Waals surface area contributed by atoms with Gasteiger partial charge in [-0.25, -0.2) is 4.39 Å². The van der Waals surface area contributed by atoms with E-state index in [9.17, 15) is 14.0 Å². The summed E-state index contributed by atoms with van der Waals surface area (Å²) in [6, 6.07) is 3.76. The molecule has 1 aliphatic carbocycles. The predicted octanol–water partition coefficient (Wildman–Crippen LogP) is 0.454. The fourth-order valence-electron chi connectivity index (χ4n) is 2.70. The SMILES string of the molecule is NC[C@@H](NCC1CC1)C(=O)Nc1ccc(N2CCOCC2=O)cc1F. The van der Waals surface area contributed by atoms with Crippen LogP contribution in [0.3, 0.4) is 0 Å². The van der Waals surface area contributed by atoms with Crippen LogP contribution in [0.2, 0.25) is 0 Å². The van der Waals surface area contributed by atoms with Gasteiger partial charge in [0.1, 0.15) is 12.4 Å². The maximum Gasteiger partial charge on any atom is 0.253 e. The van der Waals surface area contributed by atoms with Gasteiger partial charge in [-0.2, -0.15) is 0 Å². The van der Waals surface area contributed by atoms with Gasteiger partial charge < -0.3 is 26.0 Å². The molecule has 4 N–H and O–H groups in total. The minimum atomic E-state index is -0.594. The lowest BCUT2D eigenvalue weighted by Crippen LogP contribution is -2.46. The summed E-state index contributed by atoms with van der Waals surface area (Å²) in [6.45, 7) is 1.67. The third-order valence-electron chi connectivity index (χ3n) is 4.41. The normalized spacial score (nSPS) is 19.0. The van der Waals surface area contributed by atoms with Gasteiger partial charge >= 0.3 is 0 Å². The molecule has 8 heteroatoms. The van der Waals surface area contributed by atoms with E-state index in [1.54, 1.807) is 6.07 Å². The van der Waals surface area contributed by atoms with E-state index in [-0.39, 0.29) is 30.7 Å². The quantitative estimate of drug-likeness (QED) is 0.664. The number of nitrogens with two attached hydrogens (primary N) is 1. The standard InChI is InChI=1S/C17H23FN4O3/c18-13-7-12(22-5-6-25-10-16(22)23)3-4-14(13)21-17(24)15(8-19)20-9-11-1-2-11/h3-4,7,11,15,20H,1-2,5-6,8-10,19H2,(H,21,24)/t15-/m1/s1. The van der Waals surface area contributed by atoms with Gasteiger partial charge in [0.05, 0.1) is 18.3 Å². The molecule has 1 saturated heterocycles. The van der Waals surface area contributed by atoms with Crippen LogP contribution in [-0.2, 0) is 14.3 Å². The number of nitrogens with zero attached hydrogens (tertiary/aromatic N) is 1. The number of halogens is 1. The molecule has 0 radical (unpaired) electrons. The van der Waals surface area contributed by atoms with Crippen molar-refractivity contribution in [3.8, 4) is 0 Å². The molecule has 1 aliphatic heterocycles. The average Bonchev–Trinajstić information content (AvgIpc) is 3.42. The van der Waals surface area contributed by atoms with Gasteiger partial charge in [-0.1, -0.05) is 0 Å². The smallest absolute Gasteiger partial charge is 0.253 e. The second kappa shape index (κ2) is 7.90. The Labute approximate surface area is 145 Å². The lowest BCUT2D eigenvalue weighted by molar-refractivity contribution is -0.125. The highest BCUT2D eigenvalue weighted by molar-refractivity contribution is 5.97. The van der Waals surface area contributed by atoms with E-state index in [1.807, 2.05) is 0 Å². The van der Waals surface area contributed by atoms with Crippen LogP contribution in [0.5, 0.6) is 0 Å². The van der Waals surface area contributed by atoms with Crippen molar-refractivity contribution < 1.29 is 18.7 Å². The Kier molecular flexibility index (Phi) is 5.62. The number of benzene rings is 1. The zero-order chi connectivity index (χ0) is 17.8. The highest BCUT2D eigenvalue weighted by Gasteiger charge is 2.25. The summed E-state index contributed by atoms with van der Waals surface area (Å²) >= 11 is 0. The van der Waals surface area contributed by atoms with Crippen molar-refractivity contribution in [3.05, 3.63) is 24.0 Å². The van der Waals surface area contributed by atoms with Gasteiger partial charge in [0.25, 0.3) is 5.91 Å². The van der Waals surface area contributed by atoms with E-state index in [4.69, 9.17) is 10.5 Å². The van der Waals surface area contributed by atoms with E-state index in [0.29, 0.717) is 24.8 Å². The number of amides is 2. The molecule has 2 aliphatic rings. The number of rotatable bonds is 7. The minimum Gasteiger partial charge on any atom is -0.370 e. The van der Waals surface area contributed by atoms with Crippen molar-refractivity contribution in [2.75, 3.05) is 43.1 Å². The number of carbonyl (C=O) groups excluding carboxylic acids is 2. The average molecular weight is 350 g/mol. The monoisotopic (exact) mass is 350 g/mol. The van der Waals surface area contributed by atoms with Gasteiger partial charge in [-0.05, 0) is 43.5 Å². The maximum atomic E-state index is 14.3. The Morgan fingerprint density at radius 1 is 1.44 bits per heavy atom. The molecule has 1 heterocycles. The van der Waals surface area contributed by atoms with E-state index in [2.05, 4.69) is 10.6 Å². The second-order valence-corrected chi connectivity index (χ2v) is 6.39. The Morgan fingerprint density at radius 2 is 2.24 bits per heavy atom. The second-order valence-electron chi connectivity index (χ2n) is 6.39. The van der Waals surface area contributed by atoms with Crippen LogP contribution in [0.15, 0.2) is 18.2 Å². The maximum absolute atomic E-state index is 14.3. The Hall–Kier alpha value is -2.03. The number of nitrogens with one attached hydrogen (secondary N) is 2. The number of hydrogen-bond donors (Lipinski definition) is 3. The van der Waals surface area contributed by atoms with Crippen molar-refractivity contribution in [2.24, 2.45) is 11.7 Å². The van der Waals surface area contributed by atoms with Gasteiger partial charge in [0.15, 0.2) is 0 Å². The third-order valence-corrected chi connectivity index (χ3v) is 4.41. The molecule has 1 aromatic carbocycles. The molecular weight excluding hydrogens is 327 g/mol. The molecule has 0 unspecified atom stereocenters. The zero-order valence-electron chi connectivity index (χ0n) is 14.0. The molecule has 1 atom stereocenters. The molecule has 2 fully saturated rings. The van der Waals surface area contributed by atoms with E-state index in [0.717, 1.165) is 6.54 Å². The molecule has 136 valence electrons. The largest absolute Gasteiger partial charge is 0.370 e. The van der Waals surface area contributed by atoms with Crippen LogP contribution < -0.4 is 21.3 Å². The summed E-state index contributed by atoms with van der Waals surface area (Å²) in [6.07, 6.45) is 2.34. The van der Waals surface area contributed by atoms with E-state index in [1.165, 1.54) is 29.9 Å². The fourth-order valence-corrected chi connectivity index (χ4v) is 2.70. The molecule has 0 bridgehead atoms. The highest BCUT2D eigenvalue weighted by atomic mass is 19.1. The van der Waals surface area contributed by atoms with Crippen LogP contribution in [0.4, 0.5) is 15.8 Å². The number of ether oxygens (including phenoxy) is 1. The molecule has 0 spiro atoms. The summed E-state index contributed by atoms with van der Waals surface area (Å²) in [5.41, 5.74) is 6.16. The van der Waals surface area contributed by atoms with Gasteiger partial charge in [0, 0.05) is 18.8 Å². The fraction of sp³-hybridized carbons (Fsp3) is 0.529. The van der Waals surface area contributed by atoms with Crippen molar-refractivity contribution in [1.29, 1.82) is 0 Å². The molecule has 7 nitrogen and oxygen atoms in total. The molecular formula is C17H23FN4O3. The minimum absolute atomic E-state index is 0.00898. The Morgan fingerprint density at radius 3 is 2.88 bits per heavy atom. The summed E-state index contributed by atoms with van der Waals surface area (Å²) in [5, 5.41) is 5.68. The van der Waals surface area contributed by atoms with Gasteiger partial charge in [0.2, 0.25) is 5.91 Å². The molecule has 0 aromatic heterocycles. The van der Waals surface area contributed by atoms with Crippen LogP contribution in [0.25, 0.3) is 0 Å². The Balaban J connectivity index is 1.63. The zero-order valence-corrected chi connectivity index (χ0v) is 14.0. The Bertz CT molecular complexity index is 651.